The Labute approximate surface area is 160 Å². The third kappa shape index (κ3) is 4.66. The fraction of sp³-hybridized carbons (Fsp3) is 0.263. The maximum absolute atomic E-state index is 12.1. The van der Waals surface area contributed by atoms with E-state index >= 15 is 0 Å². The second-order valence-electron chi connectivity index (χ2n) is 5.73. The first kappa shape index (κ1) is 18.9. The molecule has 2 aromatic heterocycles. The normalized spacial score (nSPS) is 11.8. The maximum atomic E-state index is 12.1. The van der Waals surface area contributed by atoms with Gasteiger partial charge in [-0.15, -0.1) is 11.3 Å². The molecule has 142 valence electrons. The highest BCUT2D eigenvalue weighted by Gasteiger charge is 2.14. The smallest absolute Gasteiger partial charge is 0.226 e. The Kier molecular flexibility index (Phi) is 6.10. The molecule has 0 spiro atoms. The number of carbonyl (C=O) groups excluding carboxylic acids is 1. The maximum Gasteiger partial charge on any atom is 0.226 e. The van der Waals surface area contributed by atoms with Crippen molar-refractivity contribution in [3.8, 4) is 22.1 Å². The van der Waals surface area contributed by atoms with Crippen molar-refractivity contribution in [1.29, 1.82) is 0 Å². The molecule has 0 fully saturated rings. The Morgan fingerprint density at radius 3 is 2.81 bits per heavy atom. The zero-order valence-electron chi connectivity index (χ0n) is 15.0. The lowest BCUT2D eigenvalue weighted by molar-refractivity contribution is -0.121. The van der Waals surface area contributed by atoms with Crippen LogP contribution in [0.25, 0.3) is 10.6 Å². The van der Waals surface area contributed by atoms with Gasteiger partial charge in [0.2, 0.25) is 5.91 Å². The number of thiazole rings is 1. The van der Waals surface area contributed by atoms with Crippen LogP contribution in [0.4, 0.5) is 0 Å². The van der Waals surface area contributed by atoms with Crippen molar-refractivity contribution in [2.24, 2.45) is 0 Å². The molecule has 7 nitrogen and oxygen atoms in total. The molecule has 1 aromatic carbocycles. The van der Waals surface area contributed by atoms with Crippen LogP contribution < -0.4 is 14.8 Å². The van der Waals surface area contributed by atoms with Crippen LogP contribution in [0.3, 0.4) is 0 Å². The summed E-state index contributed by atoms with van der Waals surface area (Å²) < 4.78 is 15.6. The molecule has 27 heavy (non-hydrogen) atoms. The van der Waals surface area contributed by atoms with Crippen molar-refractivity contribution < 1.29 is 23.8 Å². The fourth-order valence-corrected chi connectivity index (χ4v) is 3.33. The first-order valence-corrected chi connectivity index (χ1v) is 9.13. The molecule has 2 heterocycles. The fourth-order valence-electron chi connectivity index (χ4n) is 2.51. The van der Waals surface area contributed by atoms with Crippen molar-refractivity contribution in [2.45, 2.75) is 12.5 Å². The van der Waals surface area contributed by atoms with E-state index in [0.717, 1.165) is 10.6 Å². The molecule has 0 saturated carbocycles. The Hall–Kier alpha value is -2.84. The topological polar surface area (TPSA) is 93.8 Å². The minimum Gasteiger partial charge on any atom is -0.493 e. The number of aromatic nitrogens is 1. The van der Waals surface area contributed by atoms with Gasteiger partial charge in [0, 0.05) is 10.9 Å². The summed E-state index contributed by atoms with van der Waals surface area (Å²) in [6, 6.07) is 8.90. The largest absolute Gasteiger partial charge is 0.493 e. The Balaban J connectivity index is 1.60. The Morgan fingerprint density at radius 1 is 1.30 bits per heavy atom. The van der Waals surface area contributed by atoms with Gasteiger partial charge in [-0.05, 0) is 30.3 Å². The zero-order chi connectivity index (χ0) is 19.2. The number of nitrogens with zero attached hydrogens (tertiary/aromatic N) is 1. The van der Waals surface area contributed by atoms with E-state index in [1.54, 1.807) is 26.4 Å². The Bertz CT molecular complexity index is 891. The predicted molar refractivity (Wildman–Crippen MR) is 101 cm³/mol. The van der Waals surface area contributed by atoms with Crippen molar-refractivity contribution >= 4 is 17.2 Å². The van der Waals surface area contributed by atoms with Crippen molar-refractivity contribution in [3.05, 3.63) is 53.4 Å². The lowest BCUT2D eigenvalue weighted by atomic mass is 10.2. The van der Waals surface area contributed by atoms with E-state index in [1.807, 2.05) is 23.6 Å². The summed E-state index contributed by atoms with van der Waals surface area (Å²) in [5.41, 5.74) is 1.55. The third-order valence-electron chi connectivity index (χ3n) is 3.89. The summed E-state index contributed by atoms with van der Waals surface area (Å²) in [4.78, 5) is 16.6. The number of carbonyl (C=O) groups is 1. The van der Waals surface area contributed by atoms with Crippen molar-refractivity contribution in [3.63, 3.8) is 0 Å². The second-order valence-corrected chi connectivity index (χ2v) is 6.58. The lowest BCUT2D eigenvalue weighted by Crippen LogP contribution is -2.29. The first-order chi connectivity index (χ1) is 13.1. The number of rotatable bonds is 8. The number of ether oxygens (including phenoxy) is 2. The SMILES string of the molecule is COc1ccc(-c2nc(CC(=O)NCC(O)c3ccco3)cs2)cc1OC. The van der Waals surface area contributed by atoms with Crippen LogP contribution in [-0.4, -0.2) is 36.8 Å². The number of methoxy groups -OCH3 is 2. The van der Waals surface area contributed by atoms with Gasteiger partial charge in [-0.25, -0.2) is 4.98 Å². The van der Waals surface area contributed by atoms with Crippen molar-refractivity contribution in [1.82, 2.24) is 10.3 Å². The number of hydrogen-bond donors (Lipinski definition) is 2. The molecule has 0 aliphatic rings. The summed E-state index contributed by atoms with van der Waals surface area (Å²) in [6.45, 7) is 0.0824. The van der Waals surface area contributed by atoms with E-state index in [4.69, 9.17) is 13.9 Å². The number of furan rings is 1. The van der Waals surface area contributed by atoms with Crippen LogP contribution in [0, 0.1) is 0 Å². The van der Waals surface area contributed by atoms with Crippen molar-refractivity contribution in [2.75, 3.05) is 20.8 Å². The molecule has 0 radical (unpaired) electrons. The van der Waals surface area contributed by atoms with Gasteiger partial charge in [-0.1, -0.05) is 0 Å². The quantitative estimate of drug-likeness (QED) is 0.616. The van der Waals surface area contributed by atoms with Crippen LogP contribution in [0.15, 0.2) is 46.4 Å². The van der Waals surface area contributed by atoms with Gasteiger partial charge in [0.05, 0.1) is 39.1 Å². The highest BCUT2D eigenvalue weighted by atomic mass is 32.1. The number of hydrogen-bond acceptors (Lipinski definition) is 7. The number of nitrogens with one attached hydrogen (secondary N) is 1. The molecule has 1 amide bonds. The molecule has 1 atom stereocenters. The van der Waals surface area contributed by atoms with Crippen LogP contribution in [0.1, 0.15) is 17.6 Å². The molecule has 8 heteroatoms. The van der Waals surface area contributed by atoms with Gasteiger partial charge < -0.3 is 24.3 Å². The van der Waals surface area contributed by atoms with E-state index in [2.05, 4.69) is 10.3 Å². The summed E-state index contributed by atoms with van der Waals surface area (Å²) >= 11 is 1.45. The standard InChI is InChI=1S/C19H20N2O5S/c1-24-16-6-5-12(8-17(16)25-2)19-21-13(11-27-19)9-18(23)20-10-14(22)15-4-3-7-26-15/h3-8,11,14,22H,9-10H2,1-2H3,(H,20,23). The molecular weight excluding hydrogens is 368 g/mol. The average Bonchev–Trinajstić information content (AvgIpc) is 3.37. The summed E-state index contributed by atoms with van der Waals surface area (Å²) in [5, 5.41) is 15.2. The van der Waals surface area contributed by atoms with E-state index in [-0.39, 0.29) is 18.9 Å². The number of amides is 1. The number of aliphatic hydroxyl groups is 1. The molecule has 1 unspecified atom stereocenters. The minimum absolute atomic E-state index is 0.0824. The monoisotopic (exact) mass is 388 g/mol. The lowest BCUT2D eigenvalue weighted by Gasteiger charge is -2.09. The number of aliphatic hydroxyl groups excluding tert-OH is 1. The van der Waals surface area contributed by atoms with Crippen LogP contribution >= 0.6 is 11.3 Å². The van der Waals surface area contributed by atoms with Gasteiger partial charge in [0.1, 0.15) is 16.9 Å². The highest BCUT2D eigenvalue weighted by molar-refractivity contribution is 7.13. The van der Waals surface area contributed by atoms with E-state index in [1.165, 1.54) is 17.6 Å². The zero-order valence-corrected chi connectivity index (χ0v) is 15.8. The molecule has 3 rings (SSSR count). The Morgan fingerprint density at radius 2 is 2.11 bits per heavy atom. The van der Waals surface area contributed by atoms with E-state index in [0.29, 0.717) is 23.0 Å². The second kappa shape index (κ2) is 8.70. The van der Waals surface area contributed by atoms with E-state index < -0.39 is 6.10 Å². The van der Waals surface area contributed by atoms with Crippen LogP contribution in [-0.2, 0) is 11.2 Å². The minimum atomic E-state index is -0.873. The molecular formula is C19H20N2O5S. The van der Waals surface area contributed by atoms with Gasteiger partial charge in [-0.3, -0.25) is 4.79 Å². The van der Waals surface area contributed by atoms with Gasteiger partial charge in [-0.2, -0.15) is 0 Å². The van der Waals surface area contributed by atoms with Gasteiger partial charge in [0.15, 0.2) is 11.5 Å². The summed E-state index contributed by atoms with van der Waals surface area (Å²) in [5.74, 6) is 1.47. The summed E-state index contributed by atoms with van der Waals surface area (Å²) in [6.07, 6.45) is 0.738. The van der Waals surface area contributed by atoms with E-state index in [9.17, 15) is 9.90 Å². The predicted octanol–water partition coefficient (Wildman–Crippen LogP) is 2.81. The first-order valence-electron chi connectivity index (χ1n) is 8.25. The average molecular weight is 388 g/mol. The van der Waals surface area contributed by atoms with Crippen LogP contribution in [0.5, 0.6) is 11.5 Å². The molecule has 0 aliphatic heterocycles. The van der Waals surface area contributed by atoms with Gasteiger partial charge in [0.25, 0.3) is 0 Å². The van der Waals surface area contributed by atoms with Crippen LogP contribution in [0.2, 0.25) is 0 Å². The third-order valence-corrected chi connectivity index (χ3v) is 4.83. The molecule has 0 aliphatic carbocycles. The number of benzene rings is 1. The molecule has 0 bridgehead atoms. The summed E-state index contributed by atoms with van der Waals surface area (Å²) in [7, 11) is 3.16. The molecule has 0 saturated heterocycles. The molecule has 2 N–H and O–H groups in total. The molecule has 3 aromatic rings. The van der Waals surface area contributed by atoms with Gasteiger partial charge >= 0.3 is 0 Å². The highest BCUT2D eigenvalue weighted by Crippen LogP contribution is 2.33.